The maximum atomic E-state index is 12.2. The molecular formula is C14H10N4O2. The molecule has 6 nitrogen and oxygen atoms in total. The van der Waals surface area contributed by atoms with E-state index < -0.39 is 0 Å². The zero-order valence-electron chi connectivity index (χ0n) is 10.3. The molecule has 0 radical (unpaired) electrons. The van der Waals surface area contributed by atoms with Gasteiger partial charge in [-0.1, -0.05) is 17.3 Å². The van der Waals surface area contributed by atoms with E-state index in [4.69, 9.17) is 0 Å². The van der Waals surface area contributed by atoms with Crippen molar-refractivity contribution in [3.63, 3.8) is 0 Å². The van der Waals surface area contributed by atoms with Crippen LogP contribution in [-0.2, 0) is 0 Å². The van der Waals surface area contributed by atoms with E-state index >= 15 is 0 Å². The fourth-order valence-electron chi connectivity index (χ4n) is 1.79. The minimum absolute atomic E-state index is 0.0674. The van der Waals surface area contributed by atoms with Crippen molar-refractivity contribution in [3.8, 4) is 11.4 Å². The first-order chi connectivity index (χ1) is 9.75. The van der Waals surface area contributed by atoms with E-state index in [0.717, 1.165) is 0 Å². The zero-order chi connectivity index (χ0) is 13.9. The van der Waals surface area contributed by atoms with Crippen LogP contribution in [0.4, 0.5) is 0 Å². The number of hydrogen-bond acceptors (Lipinski definition) is 5. The highest BCUT2D eigenvalue weighted by molar-refractivity contribution is 6.07. The summed E-state index contributed by atoms with van der Waals surface area (Å²) in [4.78, 5) is 16.1. The van der Waals surface area contributed by atoms with Crippen molar-refractivity contribution in [2.24, 2.45) is 0 Å². The van der Waals surface area contributed by atoms with Gasteiger partial charge in [-0.2, -0.15) is 0 Å². The minimum atomic E-state index is -0.264. The lowest BCUT2D eigenvalue weighted by atomic mass is 10.1. The second-order valence-electron chi connectivity index (χ2n) is 4.11. The second-order valence-corrected chi connectivity index (χ2v) is 4.11. The molecule has 3 rings (SSSR count). The molecule has 1 aromatic carbocycles. The van der Waals surface area contributed by atoms with Crippen LogP contribution in [0.1, 0.15) is 16.1 Å². The van der Waals surface area contributed by atoms with Crippen LogP contribution in [0.2, 0.25) is 0 Å². The van der Waals surface area contributed by atoms with Crippen molar-refractivity contribution in [3.05, 3.63) is 66.2 Å². The van der Waals surface area contributed by atoms with Crippen LogP contribution < -0.4 is 0 Å². The lowest BCUT2D eigenvalue weighted by Crippen LogP contribution is -2.02. The Bertz CT molecular complexity index is 753. The largest absolute Gasteiger partial charge is 0.506 e. The molecule has 6 heteroatoms. The maximum absolute atomic E-state index is 12.2. The smallest absolute Gasteiger partial charge is 0.216 e. The number of aromatic nitrogens is 4. The van der Waals surface area contributed by atoms with Gasteiger partial charge in [0.25, 0.3) is 0 Å². The van der Waals surface area contributed by atoms with Gasteiger partial charge in [0, 0.05) is 18.0 Å². The van der Waals surface area contributed by atoms with Gasteiger partial charge < -0.3 is 5.11 Å². The number of carbonyl (C=O) groups is 1. The third-order valence-electron chi connectivity index (χ3n) is 2.78. The highest BCUT2D eigenvalue weighted by Gasteiger charge is 2.14. The summed E-state index contributed by atoms with van der Waals surface area (Å²) in [6, 6.07) is 10.0. The highest BCUT2D eigenvalue weighted by Crippen LogP contribution is 2.19. The zero-order valence-corrected chi connectivity index (χ0v) is 10.3. The summed E-state index contributed by atoms with van der Waals surface area (Å²) in [5, 5.41) is 17.4. The molecule has 0 saturated carbocycles. The van der Waals surface area contributed by atoms with Gasteiger partial charge in [-0.3, -0.25) is 9.78 Å². The molecule has 0 bridgehead atoms. The van der Waals surface area contributed by atoms with Crippen molar-refractivity contribution < 1.29 is 9.90 Å². The number of rotatable bonds is 3. The first-order valence-electron chi connectivity index (χ1n) is 5.91. The molecule has 2 heterocycles. The van der Waals surface area contributed by atoms with E-state index in [0.29, 0.717) is 11.3 Å². The molecule has 0 unspecified atom stereocenters. The quantitative estimate of drug-likeness (QED) is 0.728. The molecule has 0 atom stereocenters. The van der Waals surface area contributed by atoms with E-state index in [1.807, 2.05) is 0 Å². The lowest BCUT2D eigenvalue weighted by molar-refractivity contribution is 0.103. The number of carbonyl (C=O) groups excluding carboxylic acids is 1. The van der Waals surface area contributed by atoms with Crippen molar-refractivity contribution in [1.29, 1.82) is 0 Å². The number of benzene rings is 1. The van der Waals surface area contributed by atoms with E-state index in [-0.39, 0.29) is 17.2 Å². The van der Waals surface area contributed by atoms with Gasteiger partial charge in [-0.25, -0.2) is 4.68 Å². The van der Waals surface area contributed by atoms with E-state index in [9.17, 15) is 9.90 Å². The van der Waals surface area contributed by atoms with Crippen LogP contribution in [0.25, 0.3) is 5.69 Å². The summed E-state index contributed by atoms with van der Waals surface area (Å²) < 4.78 is 1.36. The number of aromatic hydroxyl groups is 1. The van der Waals surface area contributed by atoms with E-state index in [1.54, 1.807) is 42.6 Å². The molecule has 0 amide bonds. The average molecular weight is 266 g/mol. The number of phenolic OH excluding ortho intramolecular Hbond substituents is 1. The maximum Gasteiger partial charge on any atom is 0.216 e. The SMILES string of the molecule is O=C(c1cccnc1)c1cn(-c2ccccc2O)nn1. The Morgan fingerprint density at radius 2 is 2.00 bits per heavy atom. The lowest BCUT2D eigenvalue weighted by Gasteiger charge is -2.01. The van der Waals surface area contributed by atoms with E-state index in [1.165, 1.54) is 17.1 Å². The van der Waals surface area contributed by atoms with Crippen LogP contribution in [0.3, 0.4) is 0 Å². The normalized spacial score (nSPS) is 10.4. The Hall–Kier alpha value is -3.02. The monoisotopic (exact) mass is 266 g/mol. The molecule has 3 aromatic rings. The summed E-state index contributed by atoms with van der Waals surface area (Å²) in [5.74, 6) is -0.197. The Balaban J connectivity index is 1.95. The second kappa shape index (κ2) is 4.93. The number of phenols is 1. The van der Waals surface area contributed by atoms with Gasteiger partial charge in [0.15, 0.2) is 5.69 Å². The molecule has 0 saturated heterocycles. The topological polar surface area (TPSA) is 80.9 Å². The molecular weight excluding hydrogens is 256 g/mol. The Labute approximate surface area is 114 Å². The predicted octanol–water partition coefficient (Wildman–Crippen LogP) is 1.60. The highest BCUT2D eigenvalue weighted by atomic mass is 16.3. The molecule has 98 valence electrons. The van der Waals surface area contributed by atoms with Crippen LogP contribution in [-0.4, -0.2) is 30.9 Å². The summed E-state index contributed by atoms with van der Waals surface area (Å²) >= 11 is 0. The van der Waals surface area contributed by atoms with Gasteiger partial charge in [-0.15, -0.1) is 5.10 Å². The Morgan fingerprint density at radius 1 is 1.15 bits per heavy atom. The van der Waals surface area contributed by atoms with Crippen LogP contribution >= 0.6 is 0 Å². The molecule has 1 N–H and O–H groups in total. The van der Waals surface area contributed by atoms with Crippen molar-refractivity contribution in [2.45, 2.75) is 0 Å². The van der Waals surface area contributed by atoms with Crippen molar-refractivity contribution >= 4 is 5.78 Å². The average Bonchev–Trinajstić information content (AvgIpc) is 2.97. The molecule has 20 heavy (non-hydrogen) atoms. The van der Waals surface area contributed by atoms with Crippen LogP contribution in [0.5, 0.6) is 5.75 Å². The van der Waals surface area contributed by atoms with E-state index in [2.05, 4.69) is 15.3 Å². The molecule has 2 aromatic heterocycles. The van der Waals surface area contributed by atoms with Gasteiger partial charge in [0.05, 0.1) is 6.20 Å². The van der Waals surface area contributed by atoms with Gasteiger partial charge in [0.1, 0.15) is 11.4 Å². The minimum Gasteiger partial charge on any atom is -0.506 e. The number of para-hydroxylation sites is 2. The number of nitrogens with zero attached hydrogens (tertiary/aromatic N) is 4. The Morgan fingerprint density at radius 3 is 2.75 bits per heavy atom. The third kappa shape index (κ3) is 2.14. The summed E-state index contributed by atoms with van der Waals surface area (Å²) in [6.07, 6.45) is 4.54. The fraction of sp³-hybridized carbons (Fsp3) is 0. The van der Waals surface area contributed by atoms with Crippen molar-refractivity contribution in [1.82, 2.24) is 20.0 Å². The summed E-state index contributed by atoms with van der Waals surface area (Å²) in [6.45, 7) is 0. The molecule has 0 aliphatic heterocycles. The molecule has 0 fully saturated rings. The summed E-state index contributed by atoms with van der Waals surface area (Å²) in [5.41, 5.74) is 1.10. The summed E-state index contributed by atoms with van der Waals surface area (Å²) in [7, 11) is 0. The first-order valence-corrected chi connectivity index (χ1v) is 5.91. The first kappa shape index (κ1) is 12.0. The Kier molecular flexibility index (Phi) is 2.96. The van der Waals surface area contributed by atoms with Gasteiger partial charge >= 0.3 is 0 Å². The molecule has 0 spiro atoms. The number of hydrogen-bond donors (Lipinski definition) is 1. The predicted molar refractivity (Wildman–Crippen MR) is 70.7 cm³/mol. The van der Waals surface area contributed by atoms with Gasteiger partial charge in [-0.05, 0) is 24.3 Å². The molecule has 0 aliphatic rings. The van der Waals surface area contributed by atoms with Crippen LogP contribution in [0.15, 0.2) is 55.0 Å². The number of pyridine rings is 1. The standard InChI is InChI=1S/C14H10N4O2/c19-13-6-2-1-5-12(13)18-9-11(16-17-18)14(20)10-4-3-7-15-8-10/h1-9,19H. The number of ketones is 1. The van der Waals surface area contributed by atoms with Gasteiger partial charge in [0.2, 0.25) is 5.78 Å². The van der Waals surface area contributed by atoms with Crippen LogP contribution in [0, 0.1) is 0 Å². The molecule has 0 aliphatic carbocycles. The van der Waals surface area contributed by atoms with Crippen molar-refractivity contribution in [2.75, 3.05) is 0 Å². The third-order valence-corrected chi connectivity index (χ3v) is 2.78. The fourth-order valence-corrected chi connectivity index (χ4v) is 1.79.